The molecule has 10 heteroatoms. The van der Waals surface area contributed by atoms with Gasteiger partial charge in [0.25, 0.3) is 0 Å². The smallest absolute Gasteiger partial charge is 0.322 e. The number of nitrogens with one attached hydrogen (secondary N) is 1. The van der Waals surface area contributed by atoms with Gasteiger partial charge in [-0.25, -0.2) is 8.42 Å². The van der Waals surface area contributed by atoms with Gasteiger partial charge >= 0.3 is 6.01 Å². The molecule has 0 bridgehead atoms. The highest BCUT2D eigenvalue weighted by Crippen LogP contribution is 2.26. The number of piperidine rings is 1. The van der Waals surface area contributed by atoms with E-state index in [0.717, 1.165) is 5.56 Å². The molecule has 162 valence electrons. The number of hydrogen-bond donors (Lipinski definition) is 1. The van der Waals surface area contributed by atoms with E-state index in [9.17, 15) is 13.2 Å². The maximum absolute atomic E-state index is 13.0. The molecule has 1 saturated heterocycles. The van der Waals surface area contributed by atoms with Crippen LogP contribution in [0.1, 0.15) is 18.4 Å². The van der Waals surface area contributed by atoms with Gasteiger partial charge in [0.05, 0.1) is 10.8 Å². The predicted octanol–water partition coefficient (Wildman–Crippen LogP) is 3.74. The topological polar surface area (TPSA) is 105 Å². The van der Waals surface area contributed by atoms with Crippen LogP contribution in [-0.4, -0.2) is 41.9 Å². The van der Waals surface area contributed by atoms with Gasteiger partial charge in [-0.1, -0.05) is 40.5 Å². The van der Waals surface area contributed by atoms with Crippen LogP contribution in [0.3, 0.4) is 0 Å². The number of benzene rings is 2. The van der Waals surface area contributed by atoms with E-state index in [4.69, 9.17) is 16.0 Å². The van der Waals surface area contributed by atoms with Gasteiger partial charge in [-0.3, -0.25) is 10.1 Å². The van der Waals surface area contributed by atoms with Crippen LogP contribution in [0.25, 0.3) is 11.5 Å². The molecule has 1 fully saturated rings. The lowest BCUT2D eigenvalue weighted by atomic mass is 9.99. The number of aromatic nitrogens is 2. The zero-order chi connectivity index (χ0) is 22.0. The van der Waals surface area contributed by atoms with E-state index in [0.29, 0.717) is 30.0 Å². The van der Waals surface area contributed by atoms with Crippen LogP contribution in [0, 0.1) is 12.8 Å². The third-order valence-corrected chi connectivity index (χ3v) is 7.25. The monoisotopic (exact) mass is 460 g/mol. The van der Waals surface area contributed by atoms with Crippen molar-refractivity contribution in [3.8, 4) is 11.5 Å². The molecule has 0 saturated carbocycles. The molecule has 4 rings (SSSR count). The lowest BCUT2D eigenvalue weighted by Crippen LogP contribution is -2.43. The van der Waals surface area contributed by atoms with Crippen LogP contribution < -0.4 is 5.32 Å². The molecule has 0 aliphatic carbocycles. The number of hydrogen-bond acceptors (Lipinski definition) is 6. The highest BCUT2D eigenvalue weighted by atomic mass is 35.5. The first-order valence-corrected chi connectivity index (χ1v) is 11.6. The van der Waals surface area contributed by atoms with Crippen LogP contribution in [-0.2, 0) is 14.8 Å². The van der Waals surface area contributed by atoms with Gasteiger partial charge in [-0.2, -0.15) is 4.31 Å². The van der Waals surface area contributed by atoms with Crippen LogP contribution in [0.5, 0.6) is 0 Å². The number of anilines is 1. The van der Waals surface area contributed by atoms with E-state index in [2.05, 4.69) is 15.5 Å². The summed E-state index contributed by atoms with van der Waals surface area (Å²) in [4.78, 5) is 13.0. The SMILES string of the molecule is Cc1ccc(S(=O)(=O)N2CCCC(C(=O)Nc3nnc(-c4cccc(Cl)c4)o3)C2)cc1. The van der Waals surface area contributed by atoms with Crippen LogP contribution >= 0.6 is 11.6 Å². The van der Waals surface area contributed by atoms with Crippen molar-refractivity contribution in [3.63, 3.8) is 0 Å². The first-order valence-electron chi connectivity index (χ1n) is 9.80. The summed E-state index contributed by atoms with van der Waals surface area (Å²) in [6.45, 7) is 2.36. The maximum Gasteiger partial charge on any atom is 0.322 e. The molecule has 1 atom stereocenters. The molecule has 2 heterocycles. The normalized spacial score (nSPS) is 17.4. The molecule has 1 N–H and O–H groups in total. The number of carbonyl (C=O) groups excluding carboxylic acids is 1. The highest BCUT2D eigenvalue weighted by Gasteiger charge is 2.33. The summed E-state index contributed by atoms with van der Waals surface area (Å²) in [6, 6.07) is 13.6. The van der Waals surface area contributed by atoms with Crippen molar-refractivity contribution in [3.05, 3.63) is 59.1 Å². The third kappa shape index (κ3) is 4.79. The number of halogens is 1. The van der Waals surface area contributed by atoms with Crippen LogP contribution in [0.4, 0.5) is 6.01 Å². The molecule has 1 aliphatic heterocycles. The second kappa shape index (κ2) is 8.78. The van der Waals surface area contributed by atoms with Gasteiger partial charge in [0.1, 0.15) is 0 Å². The van der Waals surface area contributed by atoms with E-state index in [1.165, 1.54) is 4.31 Å². The number of aryl methyl sites for hydroxylation is 1. The highest BCUT2D eigenvalue weighted by molar-refractivity contribution is 7.89. The molecule has 0 radical (unpaired) electrons. The third-order valence-electron chi connectivity index (χ3n) is 5.14. The predicted molar refractivity (Wildman–Crippen MR) is 116 cm³/mol. The van der Waals surface area contributed by atoms with E-state index in [-0.39, 0.29) is 29.3 Å². The minimum absolute atomic E-state index is 0.0431. The molecule has 1 unspecified atom stereocenters. The molecule has 1 amide bonds. The number of amides is 1. The minimum Gasteiger partial charge on any atom is -0.403 e. The Morgan fingerprint density at radius 1 is 1.19 bits per heavy atom. The summed E-state index contributed by atoms with van der Waals surface area (Å²) in [5.74, 6) is -0.648. The van der Waals surface area contributed by atoms with E-state index in [1.807, 2.05) is 6.92 Å². The fourth-order valence-electron chi connectivity index (χ4n) is 3.45. The van der Waals surface area contributed by atoms with E-state index >= 15 is 0 Å². The molecular weight excluding hydrogens is 440 g/mol. The Morgan fingerprint density at radius 2 is 1.97 bits per heavy atom. The molecular formula is C21H21ClN4O4S. The number of rotatable bonds is 5. The van der Waals surface area contributed by atoms with Crippen LogP contribution in [0.2, 0.25) is 5.02 Å². The van der Waals surface area contributed by atoms with Crippen molar-refractivity contribution in [1.29, 1.82) is 0 Å². The van der Waals surface area contributed by atoms with Crippen molar-refractivity contribution in [2.24, 2.45) is 5.92 Å². The first-order chi connectivity index (χ1) is 14.8. The Kier molecular flexibility index (Phi) is 6.08. The quantitative estimate of drug-likeness (QED) is 0.621. The van der Waals surface area contributed by atoms with Crippen molar-refractivity contribution < 1.29 is 17.6 Å². The molecule has 0 spiro atoms. The van der Waals surface area contributed by atoms with Gasteiger partial charge in [0, 0.05) is 23.7 Å². The summed E-state index contributed by atoms with van der Waals surface area (Å²) < 4.78 is 32.8. The Balaban J connectivity index is 1.44. The average Bonchev–Trinajstić information content (AvgIpc) is 3.23. The summed E-state index contributed by atoms with van der Waals surface area (Å²) in [5, 5.41) is 10.9. The standard InChI is InChI=1S/C21H21ClN4O4S/c1-14-7-9-18(10-8-14)31(28,29)26-11-3-5-16(13-26)19(27)23-21-25-24-20(30-21)15-4-2-6-17(22)12-15/h2,4,6-10,12,16H,3,5,11,13H2,1H3,(H,23,25,27). The molecule has 2 aromatic carbocycles. The maximum atomic E-state index is 13.0. The van der Waals surface area contributed by atoms with Gasteiger partial charge in [-0.05, 0) is 50.1 Å². The molecule has 1 aromatic heterocycles. The summed E-state index contributed by atoms with van der Waals surface area (Å²) in [7, 11) is -3.66. The number of nitrogens with zero attached hydrogens (tertiary/aromatic N) is 3. The van der Waals surface area contributed by atoms with Gasteiger partial charge in [-0.15, -0.1) is 5.10 Å². The van der Waals surface area contributed by atoms with Gasteiger partial charge in [0.2, 0.25) is 21.8 Å². The molecule has 3 aromatic rings. The van der Waals surface area contributed by atoms with E-state index < -0.39 is 15.9 Å². The minimum atomic E-state index is -3.66. The fraction of sp³-hybridized carbons (Fsp3) is 0.286. The van der Waals surface area contributed by atoms with Gasteiger partial charge < -0.3 is 4.42 Å². The lowest BCUT2D eigenvalue weighted by molar-refractivity contribution is -0.121. The summed E-state index contributed by atoms with van der Waals surface area (Å²) >= 11 is 5.98. The Labute approximate surface area is 185 Å². The summed E-state index contributed by atoms with van der Waals surface area (Å²) in [6.07, 6.45) is 1.15. The molecule has 1 aliphatic rings. The second-order valence-electron chi connectivity index (χ2n) is 7.43. The second-order valence-corrected chi connectivity index (χ2v) is 9.80. The Bertz CT molecular complexity index is 1190. The molecule has 8 nitrogen and oxygen atoms in total. The first kappa shape index (κ1) is 21.5. The van der Waals surface area contributed by atoms with Crippen LogP contribution in [0.15, 0.2) is 57.8 Å². The average molecular weight is 461 g/mol. The fourth-order valence-corrected chi connectivity index (χ4v) is 5.17. The van der Waals surface area contributed by atoms with Crippen molar-refractivity contribution >= 4 is 33.5 Å². The lowest BCUT2D eigenvalue weighted by Gasteiger charge is -2.30. The van der Waals surface area contributed by atoms with Crippen molar-refractivity contribution in [2.45, 2.75) is 24.7 Å². The Hall–Kier alpha value is -2.75. The largest absolute Gasteiger partial charge is 0.403 e. The van der Waals surface area contributed by atoms with E-state index in [1.54, 1.807) is 48.5 Å². The van der Waals surface area contributed by atoms with Gasteiger partial charge in [0.15, 0.2) is 0 Å². The molecule has 31 heavy (non-hydrogen) atoms. The van der Waals surface area contributed by atoms with Crippen molar-refractivity contribution in [2.75, 3.05) is 18.4 Å². The summed E-state index contributed by atoms with van der Waals surface area (Å²) in [5.41, 5.74) is 1.61. The number of sulfonamides is 1. The van der Waals surface area contributed by atoms with Crippen molar-refractivity contribution in [1.82, 2.24) is 14.5 Å². The number of carbonyl (C=O) groups is 1. The zero-order valence-corrected chi connectivity index (χ0v) is 18.4. The zero-order valence-electron chi connectivity index (χ0n) is 16.8. The Morgan fingerprint density at radius 3 is 2.71 bits per heavy atom.